The van der Waals surface area contributed by atoms with E-state index in [0.29, 0.717) is 39.6 Å². The van der Waals surface area contributed by atoms with Gasteiger partial charge < -0.3 is 19.5 Å². The molecule has 1 N–H and O–H groups in total. The average molecular weight is 641 g/mol. The van der Waals surface area contributed by atoms with Crippen LogP contribution in [-0.4, -0.2) is 35.9 Å². The van der Waals surface area contributed by atoms with Crippen molar-refractivity contribution in [2.24, 2.45) is 0 Å². The van der Waals surface area contributed by atoms with Gasteiger partial charge in [0.05, 0.1) is 25.5 Å². The molecule has 0 aliphatic rings. The third-order valence-corrected chi connectivity index (χ3v) is 7.31. The molecule has 43 heavy (non-hydrogen) atoms. The van der Waals surface area contributed by atoms with Crippen molar-refractivity contribution in [2.75, 3.05) is 19.5 Å². The monoisotopic (exact) mass is 639 g/mol. The van der Waals surface area contributed by atoms with Crippen LogP contribution in [0.25, 0.3) is 28.1 Å². The van der Waals surface area contributed by atoms with Crippen molar-refractivity contribution in [3.63, 3.8) is 0 Å². The molecule has 0 unspecified atom stereocenters. The van der Waals surface area contributed by atoms with E-state index in [1.165, 1.54) is 6.92 Å². The van der Waals surface area contributed by atoms with Gasteiger partial charge in [0, 0.05) is 34.3 Å². The summed E-state index contributed by atoms with van der Waals surface area (Å²) >= 11 is 3.41. The molecule has 0 saturated heterocycles. The minimum Gasteiger partial charge on any atom is -0.497 e. The molecule has 0 spiro atoms. The summed E-state index contributed by atoms with van der Waals surface area (Å²) in [6, 6.07) is 26.0. The average Bonchev–Trinajstić information content (AvgIpc) is 3.36. The van der Waals surface area contributed by atoms with Crippen LogP contribution in [0.15, 0.2) is 89.4 Å². The molecule has 1 amide bonds. The largest absolute Gasteiger partial charge is 0.497 e. The molecule has 0 bridgehead atoms. The summed E-state index contributed by atoms with van der Waals surface area (Å²) in [5, 5.41) is 7.94. The minimum absolute atomic E-state index is 0.235. The molecule has 8 nitrogen and oxygen atoms in total. The minimum atomic E-state index is -0.486. The van der Waals surface area contributed by atoms with Gasteiger partial charge in [0.25, 0.3) is 5.91 Å². The van der Waals surface area contributed by atoms with E-state index in [0.717, 1.165) is 26.9 Å². The number of halogens is 1. The third-order valence-electron chi connectivity index (χ3n) is 6.82. The molecule has 1 aromatic heterocycles. The van der Waals surface area contributed by atoms with Crippen molar-refractivity contribution in [2.45, 2.75) is 20.8 Å². The molecule has 0 aliphatic heterocycles. The lowest BCUT2D eigenvalue weighted by atomic mass is 10.00. The van der Waals surface area contributed by atoms with Crippen LogP contribution >= 0.6 is 15.9 Å². The lowest BCUT2D eigenvalue weighted by Crippen LogP contribution is -2.11. The van der Waals surface area contributed by atoms with Gasteiger partial charge in [0.1, 0.15) is 17.2 Å². The van der Waals surface area contributed by atoms with Crippen LogP contribution in [0.1, 0.15) is 28.4 Å². The third kappa shape index (κ3) is 6.47. The van der Waals surface area contributed by atoms with E-state index in [1.807, 2.05) is 62.4 Å². The Hall–Kier alpha value is -4.89. The van der Waals surface area contributed by atoms with Crippen LogP contribution in [0.3, 0.4) is 0 Å². The number of methoxy groups -OCH3 is 2. The molecule has 0 saturated carbocycles. The number of anilines is 1. The number of ether oxygens (including phenoxy) is 3. The van der Waals surface area contributed by atoms with Crippen molar-refractivity contribution in [1.82, 2.24) is 9.78 Å². The van der Waals surface area contributed by atoms with E-state index in [9.17, 15) is 9.59 Å². The number of carbonyl (C=O) groups is 2. The number of amides is 1. The van der Waals surface area contributed by atoms with Gasteiger partial charge in [0.15, 0.2) is 0 Å². The van der Waals surface area contributed by atoms with Gasteiger partial charge >= 0.3 is 5.97 Å². The number of aromatic nitrogens is 2. The molecule has 1 heterocycles. The number of nitrogens with one attached hydrogen (secondary N) is 1. The quantitative estimate of drug-likeness (QED) is 0.174. The van der Waals surface area contributed by atoms with Gasteiger partial charge in [-0.1, -0.05) is 46.3 Å². The fourth-order valence-electron chi connectivity index (χ4n) is 4.70. The summed E-state index contributed by atoms with van der Waals surface area (Å²) in [5.74, 6) is 0.716. The molecule has 0 aliphatic carbocycles. The number of aryl methyl sites for hydroxylation is 2. The summed E-state index contributed by atoms with van der Waals surface area (Å²) in [4.78, 5) is 25.3. The van der Waals surface area contributed by atoms with Crippen LogP contribution in [0.5, 0.6) is 17.4 Å². The molecule has 218 valence electrons. The highest BCUT2D eigenvalue weighted by Crippen LogP contribution is 2.43. The van der Waals surface area contributed by atoms with Crippen molar-refractivity contribution in [1.29, 1.82) is 0 Å². The Labute approximate surface area is 258 Å². The SMILES string of the molecule is COc1cc(OC)cc(-c2nn(-c3cc(C)ccc3C)c(OC(C)=O)c2-c2ccc(NC(=O)c3cccc(Br)c3)cc2)c1. The normalized spacial score (nSPS) is 10.7. The standard InChI is InChI=1S/C34H30BrN3O5/c1-20-9-10-21(2)30(15-20)38-34(43-22(3)39)31(32(37-38)25-17-28(41-4)19-29(18-25)42-5)23-11-13-27(14-12-23)36-33(40)24-7-6-8-26(35)16-24/h6-19H,1-5H3,(H,36,40). The summed E-state index contributed by atoms with van der Waals surface area (Å²) in [7, 11) is 3.17. The molecule has 4 aromatic carbocycles. The molecule has 5 aromatic rings. The van der Waals surface area contributed by atoms with Gasteiger partial charge in [-0.15, -0.1) is 0 Å². The van der Waals surface area contributed by atoms with E-state index in [2.05, 4.69) is 21.2 Å². The fourth-order valence-corrected chi connectivity index (χ4v) is 5.10. The second-order valence-corrected chi connectivity index (χ2v) is 10.9. The number of carbonyl (C=O) groups excluding carboxylic acids is 2. The van der Waals surface area contributed by atoms with E-state index < -0.39 is 5.97 Å². The summed E-state index contributed by atoms with van der Waals surface area (Å²) in [6.45, 7) is 5.33. The maximum Gasteiger partial charge on any atom is 0.309 e. The van der Waals surface area contributed by atoms with E-state index in [-0.39, 0.29) is 11.8 Å². The van der Waals surface area contributed by atoms with E-state index >= 15 is 0 Å². The zero-order valence-corrected chi connectivity index (χ0v) is 26.0. The summed E-state index contributed by atoms with van der Waals surface area (Å²) < 4.78 is 19.4. The van der Waals surface area contributed by atoms with Crippen molar-refractivity contribution >= 4 is 33.5 Å². The highest BCUT2D eigenvalue weighted by molar-refractivity contribution is 9.10. The maximum atomic E-state index is 12.8. The van der Waals surface area contributed by atoms with Crippen molar-refractivity contribution in [3.05, 3.63) is 106 Å². The number of benzene rings is 4. The lowest BCUT2D eigenvalue weighted by Gasteiger charge is -2.12. The second kappa shape index (κ2) is 12.5. The van der Waals surface area contributed by atoms with Gasteiger partial charge in [-0.3, -0.25) is 9.59 Å². The summed E-state index contributed by atoms with van der Waals surface area (Å²) in [6.07, 6.45) is 0. The predicted octanol–water partition coefficient (Wildman–Crippen LogP) is 7.78. The summed E-state index contributed by atoms with van der Waals surface area (Å²) in [5.41, 5.74) is 6.47. The number of nitrogens with zero attached hydrogens (tertiary/aromatic N) is 2. The number of esters is 1. The smallest absolute Gasteiger partial charge is 0.309 e. The highest BCUT2D eigenvalue weighted by atomic mass is 79.9. The van der Waals surface area contributed by atoms with Gasteiger partial charge in [-0.2, -0.15) is 9.78 Å². The van der Waals surface area contributed by atoms with Crippen LogP contribution in [-0.2, 0) is 4.79 Å². The van der Waals surface area contributed by atoms with Crippen LogP contribution in [0.4, 0.5) is 5.69 Å². The van der Waals surface area contributed by atoms with Crippen LogP contribution in [0.2, 0.25) is 0 Å². The number of hydrogen-bond donors (Lipinski definition) is 1. The first kappa shape index (κ1) is 29.6. The Bertz CT molecular complexity index is 1810. The van der Waals surface area contributed by atoms with Crippen LogP contribution in [0, 0.1) is 13.8 Å². The van der Waals surface area contributed by atoms with Gasteiger partial charge in [-0.25, -0.2) is 0 Å². The first-order valence-electron chi connectivity index (χ1n) is 13.5. The number of rotatable bonds is 8. The van der Waals surface area contributed by atoms with Gasteiger partial charge in [0.2, 0.25) is 5.88 Å². The zero-order chi connectivity index (χ0) is 30.7. The molecule has 5 rings (SSSR count). The Morgan fingerprint density at radius 3 is 2.16 bits per heavy atom. The van der Waals surface area contributed by atoms with E-state index in [1.54, 1.807) is 55.3 Å². The Kier molecular flexibility index (Phi) is 8.63. The number of hydrogen-bond acceptors (Lipinski definition) is 6. The second-order valence-electron chi connectivity index (χ2n) is 9.97. The first-order chi connectivity index (χ1) is 20.7. The van der Waals surface area contributed by atoms with Crippen LogP contribution < -0.4 is 19.5 Å². The molecule has 0 atom stereocenters. The Balaban J connectivity index is 1.68. The molecular weight excluding hydrogens is 610 g/mol. The zero-order valence-electron chi connectivity index (χ0n) is 24.4. The first-order valence-corrected chi connectivity index (χ1v) is 14.3. The fraction of sp³-hybridized carbons (Fsp3) is 0.147. The lowest BCUT2D eigenvalue weighted by molar-refractivity contribution is -0.132. The Morgan fingerprint density at radius 1 is 0.837 bits per heavy atom. The highest BCUT2D eigenvalue weighted by Gasteiger charge is 2.26. The van der Waals surface area contributed by atoms with Crippen molar-refractivity contribution in [3.8, 4) is 45.5 Å². The molecular formula is C34H30BrN3O5. The molecule has 0 radical (unpaired) electrons. The molecule has 0 fully saturated rings. The molecule has 9 heteroatoms. The predicted molar refractivity (Wildman–Crippen MR) is 170 cm³/mol. The Morgan fingerprint density at radius 2 is 1.53 bits per heavy atom. The van der Waals surface area contributed by atoms with Gasteiger partial charge in [-0.05, 0) is 79.1 Å². The van der Waals surface area contributed by atoms with E-state index in [4.69, 9.17) is 19.3 Å². The topological polar surface area (TPSA) is 91.7 Å². The maximum absolute atomic E-state index is 12.8. The van der Waals surface area contributed by atoms with Crippen molar-refractivity contribution < 1.29 is 23.8 Å².